The summed E-state index contributed by atoms with van der Waals surface area (Å²) in [7, 11) is 1.56. The molecule has 0 amide bonds. The number of aromatic nitrogens is 4. The van der Waals surface area contributed by atoms with Gasteiger partial charge in [-0.2, -0.15) is 4.98 Å². The summed E-state index contributed by atoms with van der Waals surface area (Å²) in [4.78, 5) is 12.4. The van der Waals surface area contributed by atoms with E-state index in [9.17, 15) is 0 Å². The maximum absolute atomic E-state index is 5.27. The Morgan fingerprint density at radius 3 is 3.10 bits per heavy atom. The first-order valence-corrected chi connectivity index (χ1v) is 6.75. The van der Waals surface area contributed by atoms with Gasteiger partial charge in [0.2, 0.25) is 17.6 Å². The zero-order valence-electron chi connectivity index (χ0n) is 11.8. The van der Waals surface area contributed by atoms with Gasteiger partial charge in [-0.15, -0.1) is 12.4 Å². The number of rotatable bonds is 5. The van der Waals surface area contributed by atoms with Crippen LogP contribution in [-0.4, -0.2) is 40.3 Å². The smallest absolute Gasteiger partial charge is 0.227 e. The summed E-state index contributed by atoms with van der Waals surface area (Å²) in [6.45, 7) is 2.20. The molecule has 0 radical (unpaired) electrons. The molecule has 1 unspecified atom stereocenters. The van der Waals surface area contributed by atoms with E-state index in [1.165, 1.54) is 12.7 Å². The van der Waals surface area contributed by atoms with Gasteiger partial charge >= 0.3 is 0 Å². The second-order valence-corrected chi connectivity index (χ2v) is 4.85. The van der Waals surface area contributed by atoms with Crippen molar-refractivity contribution in [1.29, 1.82) is 0 Å². The average molecular weight is 312 g/mol. The lowest BCUT2D eigenvalue weighted by Gasteiger charge is -2.03. The minimum atomic E-state index is 0. The van der Waals surface area contributed by atoms with Gasteiger partial charge in [0.05, 0.1) is 7.11 Å². The third-order valence-corrected chi connectivity index (χ3v) is 3.48. The predicted molar refractivity (Wildman–Crippen MR) is 78.4 cm³/mol. The number of aryl methyl sites for hydroxylation is 1. The van der Waals surface area contributed by atoms with Crippen LogP contribution in [0.3, 0.4) is 0 Å². The van der Waals surface area contributed by atoms with Crippen molar-refractivity contribution < 1.29 is 9.26 Å². The van der Waals surface area contributed by atoms with Crippen molar-refractivity contribution in [1.82, 2.24) is 25.4 Å². The normalized spacial score (nSPS) is 17.5. The van der Waals surface area contributed by atoms with E-state index >= 15 is 0 Å². The van der Waals surface area contributed by atoms with Gasteiger partial charge in [-0.25, -0.2) is 9.97 Å². The van der Waals surface area contributed by atoms with Gasteiger partial charge in [-0.3, -0.25) is 0 Å². The Balaban J connectivity index is 0.00000161. The number of hydrogen-bond acceptors (Lipinski definition) is 7. The Morgan fingerprint density at radius 1 is 1.43 bits per heavy atom. The van der Waals surface area contributed by atoms with Crippen LogP contribution in [0.4, 0.5) is 0 Å². The number of nitrogens with one attached hydrogen (secondary N) is 1. The van der Waals surface area contributed by atoms with Crippen LogP contribution in [0, 0.1) is 5.92 Å². The van der Waals surface area contributed by atoms with Crippen molar-refractivity contribution in [3.63, 3.8) is 0 Å². The van der Waals surface area contributed by atoms with Crippen molar-refractivity contribution in [2.45, 2.75) is 19.3 Å². The topological polar surface area (TPSA) is 86.0 Å². The molecule has 7 nitrogen and oxygen atoms in total. The third kappa shape index (κ3) is 3.89. The zero-order chi connectivity index (χ0) is 13.8. The molecule has 1 aliphatic rings. The number of nitrogens with zero attached hydrogens (tertiary/aromatic N) is 4. The molecule has 1 N–H and O–H groups in total. The molecule has 0 saturated carbocycles. The molecule has 2 aromatic heterocycles. The molecule has 0 bridgehead atoms. The summed E-state index contributed by atoms with van der Waals surface area (Å²) < 4.78 is 10.3. The molecular weight excluding hydrogens is 294 g/mol. The second-order valence-electron chi connectivity index (χ2n) is 4.85. The number of halogens is 1. The summed E-state index contributed by atoms with van der Waals surface area (Å²) in [5.41, 5.74) is 0.606. The van der Waals surface area contributed by atoms with Gasteiger partial charge in [0.15, 0.2) is 0 Å². The fourth-order valence-corrected chi connectivity index (χ4v) is 2.32. The van der Waals surface area contributed by atoms with Gasteiger partial charge in [-0.1, -0.05) is 5.16 Å². The van der Waals surface area contributed by atoms with E-state index in [-0.39, 0.29) is 12.4 Å². The summed E-state index contributed by atoms with van der Waals surface area (Å²) in [6, 6.07) is 1.69. The van der Waals surface area contributed by atoms with E-state index in [0.717, 1.165) is 25.9 Å². The summed E-state index contributed by atoms with van der Waals surface area (Å²) >= 11 is 0. The van der Waals surface area contributed by atoms with Crippen LogP contribution in [-0.2, 0) is 6.42 Å². The Hall–Kier alpha value is -1.73. The maximum Gasteiger partial charge on any atom is 0.227 e. The molecule has 1 atom stereocenters. The van der Waals surface area contributed by atoms with Crippen LogP contribution in [0.5, 0.6) is 5.88 Å². The van der Waals surface area contributed by atoms with Crippen LogP contribution in [0.25, 0.3) is 11.5 Å². The Labute approximate surface area is 128 Å². The summed E-state index contributed by atoms with van der Waals surface area (Å²) in [5, 5.41) is 7.31. The van der Waals surface area contributed by atoms with Gasteiger partial charge in [0, 0.05) is 12.5 Å². The SMILES string of the molecule is COc1cc(-c2noc(CCC3CCNC3)n2)ncn1.Cl. The van der Waals surface area contributed by atoms with Crippen LogP contribution in [0.2, 0.25) is 0 Å². The van der Waals surface area contributed by atoms with E-state index in [4.69, 9.17) is 9.26 Å². The van der Waals surface area contributed by atoms with Gasteiger partial charge in [0.25, 0.3) is 0 Å². The predicted octanol–water partition coefficient (Wildman–Crippen LogP) is 1.50. The molecule has 3 heterocycles. The highest BCUT2D eigenvalue weighted by atomic mass is 35.5. The number of methoxy groups -OCH3 is 1. The fraction of sp³-hybridized carbons (Fsp3) is 0.538. The molecule has 1 fully saturated rings. The number of ether oxygens (including phenoxy) is 1. The molecule has 114 valence electrons. The molecule has 3 rings (SSSR count). The van der Waals surface area contributed by atoms with Crippen LogP contribution in [0.1, 0.15) is 18.7 Å². The third-order valence-electron chi connectivity index (χ3n) is 3.48. The average Bonchev–Trinajstić information content (AvgIpc) is 3.16. The first-order chi connectivity index (χ1) is 9.85. The van der Waals surface area contributed by atoms with Crippen molar-refractivity contribution in [2.75, 3.05) is 20.2 Å². The first kappa shape index (κ1) is 15.7. The standard InChI is InChI=1S/C13H17N5O2.ClH/c1-19-12-6-10(15-8-16-12)13-17-11(20-18-13)3-2-9-4-5-14-7-9;/h6,8-9,14H,2-5,7H2,1H3;1H. The molecule has 2 aromatic rings. The summed E-state index contributed by atoms with van der Waals surface area (Å²) in [5.74, 6) is 2.33. The van der Waals surface area contributed by atoms with Crippen molar-refractivity contribution in [3.05, 3.63) is 18.3 Å². The Kier molecular flexibility index (Phi) is 5.46. The van der Waals surface area contributed by atoms with Gasteiger partial charge in [0.1, 0.15) is 12.0 Å². The van der Waals surface area contributed by atoms with Crippen molar-refractivity contribution in [3.8, 4) is 17.4 Å². The lowest BCUT2D eigenvalue weighted by Crippen LogP contribution is -2.09. The van der Waals surface area contributed by atoms with Crippen LogP contribution >= 0.6 is 12.4 Å². The molecular formula is C13H18ClN5O2. The van der Waals surface area contributed by atoms with Crippen LogP contribution in [0.15, 0.2) is 16.9 Å². The van der Waals surface area contributed by atoms with E-state index in [1.807, 2.05) is 0 Å². The monoisotopic (exact) mass is 311 g/mol. The first-order valence-electron chi connectivity index (χ1n) is 6.75. The Morgan fingerprint density at radius 2 is 2.33 bits per heavy atom. The van der Waals surface area contributed by atoms with E-state index in [1.54, 1.807) is 13.2 Å². The van der Waals surface area contributed by atoms with E-state index in [2.05, 4.69) is 25.4 Å². The van der Waals surface area contributed by atoms with E-state index in [0.29, 0.717) is 29.2 Å². The largest absolute Gasteiger partial charge is 0.481 e. The summed E-state index contributed by atoms with van der Waals surface area (Å²) in [6.07, 6.45) is 4.53. The molecule has 0 aromatic carbocycles. The quantitative estimate of drug-likeness (QED) is 0.895. The van der Waals surface area contributed by atoms with Crippen LogP contribution < -0.4 is 10.1 Å². The minimum Gasteiger partial charge on any atom is -0.481 e. The van der Waals surface area contributed by atoms with Crippen molar-refractivity contribution in [2.24, 2.45) is 5.92 Å². The van der Waals surface area contributed by atoms with Gasteiger partial charge in [-0.05, 0) is 31.8 Å². The second kappa shape index (κ2) is 7.33. The molecule has 1 saturated heterocycles. The fourth-order valence-electron chi connectivity index (χ4n) is 2.32. The van der Waals surface area contributed by atoms with E-state index < -0.39 is 0 Å². The zero-order valence-corrected chi connectivity index (χ0v) is 12.6. The van der Waals surface area contributed by atoms with Gasteiger partial charge < -0.3 is 14.6 Å². The highest BCUT2D eigenvalue weighted by Gasteiger charge is 2.17. The molecule has 21 heavy (non-hydrogen) atoms. The lowest BCUT2D eigenvalue weighted by molar-refractivity contribution is 0.365. The highest BCUT2D eigenvalue weighted by molar-refractivity contribution is 5.85. The highest BCUT2D eigenvalue weighted by Crippen LogP contribution is 2.19. The molecule has 1 aliphatic heterocycles. The minimum absolute atomic E-state index is 0. The van der Waals surface area contributed by atoms with Crippen molar-refractivity contribution >= 4 is 12.4 Å². The molecule has 0 spiro atoms. The lowest BCUT2D eigenvalue weighted by atomic mass is 10.0. The number of hydrogen-bond donors (Lipinski definition) is 1. The molecule has 0 aliphatic carbocycles. The Bertz CT molecular complexity index is 571. The molecule has 8 heteroatoms. The maximum atomic E-state index is 5.27.